The maximum absolute atomic E-state index is 13.5. The Labute approximate surface area is 139 Å². The van der Waals surface area contributed by atoms with Crippen molar-refractivity contribution in [1.29, 1.82) is 0 Å². The standard InChI is InChI=1S/C17H22F2N2O3/c18-12-4-5-16(13(19)10-12)24-11-17(23)21-8-6-20(7-9-21)14-2-1-3-15(14)22/h4-5,10,14-15,22H,1-3,6-9,11H2/t14-,15-/m0/s1. The molecule has 1 saturated heterocycles. The minimum absolute atomic E-state index is 0.127. The number of ether oxygens (including phenoxy) is 1. The van der Waals surface area contributed by atoms with Gasteiger partial charge >= 0.3 is 0 Å². The molecule has 0 spiro atoms. The highest BCUT2D eigenvalue weighted by molar-refractivity contribution is 5.77. The van der Waals surface area contributed by atoms with Crippen LogP contribution >= 0.6 is 0 Å². The molecule has 1 aliphatic carbocycles. The summed E-state index contributed by atoms with van der Waals surface area (Å²) in [6, 6.07) is 3.20. The van der Waals surface area contributed by atoms with Gasteiger partial charge in [0.2, 0.25) is 0 Å². The van der Waals surface area contributed by atoms with Gasteiger partial charge in [0.15, 0.2) is 18.2 Å². The summed E-state index contributed by atoms with van der Waals surface area (Å²) in [4.78, 5) is 16.1. The van der Waals surface area contributed by atoms with Crippen LogP contribution in [0.4, 0.5) is 8.78 Å². The first kappa shape index (κ1) is 17.1. The van der Waals surface area contributed by atoms with Crippen LogP contribution in [0.5, 0.6) is 5.75 Å². The molecule has 24 heavy (non-hydrogen) atoms. The second-order valence-corrected chi connectivity index (χ2v) is 6.35. The molecule has 1 aromatic carbocycles. The highest BCUT2D eigenvalue weighted by atomic mass is 19.1. The molecule has 7 heteroatoms. The van der Waals surface area contributed by atoms with Crippen LogP contribution in [-0.4, -0.2) is 65.7 Å². The van der Waals surface area contributed by atoms with E-state index >= 15 is 0 Å². The number of rotatable bonds is 4. The van der Waals surface area contributed by atoms with Gasteiger partial charge in [-0.05, 0) is 31.4 Å². The van der Waals surface area contributed by atoms with Crippen LogP contribution in [0.1, 0.15) is 19.3 Å². The predicted octanol–water partition coefficient (Wildman–Crippen LogP) is 1.40. The predicted molar refractivity (Wildman–Crippen MR) is 83.7 cm³/mol. The van der Waals surface area contributed by atoms with Gasteiger partial charge in [-0.3, -0.25) is 9.69 Å². The zero-order valence-electron chi connectivity index (χ0n) is 13.5. The van der Waals surface area contributed by atoms with E-state index in [1.807, 2.05) is 0 Å². The average molecular weight is 340 g/mol. The molecular formula is C17H22F2N2O3. The highest BCUT2D eigenvalue weighted by Crippen LogP contribution is 2.25. The highest BCUT2D eigenvalue weighted by Gasteiger charge is 2.33. The number of benzene rings is 1. The van der Waals surface area contributed by atoms with Gasteiger partial charge in [0.05, 0.1) is 6.10 Å². The van der Waals surface area contributed by atoms with Crippen molar-refractivity contribution >= 4 is 5.91 Å². The molecule has 0 unspecified atom stereocenters. The van der Waals surface area contributed by atoms with E-state index in [0.29, 0.717) is 13.1 Å². The zero-order chi connectivity index (χ0) is 17.1. The number of aliphatic hydroxyl groups excluding tert-OH is 1. The number of amides is 1. The topological polar surface area (TPSA) is 53.0 Å². The lowest BCUT2D eigenvalue weighted by molar-refractivity contribution is -0.135. The van der Waals surface area contributed by atoms with Crippen molar-refractivity contribution in [3.8, 4) is 5.75 Å². The molecule has 0 bridgehead atoms. The molecule has 0 radical (unpaired) electrons. The lowest BCUT2D eigenvalue weighted by Gasteiger charge is -2.39. The van der Waals surface area contributed by atoms with E-state index in [-0.39, 0.29) is 30.4 Å². The van der Waals surface area contributed by atoms with E-state index in [1.165, 1.54) is 6.07 Å². The van der Waals surface area contributed by atoms with Crippen LogP contribution in [-0.2, 0) is 4.79 Å². The van der Waals surface area contributed by atoms with Gasteiger partial charge in [0, 0.05) is 38.3 Å². The van der Waals surface area contributed by atoms with Crippen LogP contribution in [0.3, 0.4) is 0 Å². The van der Waals surface area contributed by atoms with Crippen molar-refractivity contribution in [2.24, 2.45) is 0 Å². The van der Waals surface area contributed by atoms with Gasteiger partial charge in [-0.15, -0.1) is 0 Å². The quantitative estimate of drug-likeness (QED) is 0.900. The minimum Gasteiger partial charge on any atom is -0.481 e. The Morgan fingerprint density at radius 2 is 1.96 bits per heavy atom. The van der Waals surface area contributed by atoms with Crippen LogP contribution in [0, 0.1) is 11.6 Å². The SMILES string of the molecule is O=C(COc1ccc(F)cc1F)N1CCN([C@H]2CCC[C@@H]2O)CC1. The van der Waals surface area contributed by atoms with Crippen LogP contribution in [0.15, 0.2) is 18.2 Å². The van der Waals surface area contributed by atoms with E-state index < -0.39 is 11.6 Å². The molecule has 2 atom stereocenters. The van der Waals surface area contributed by atoms with Crippen molar-refractivity contribution in [2.45, 2.75) is 31.4 Å². The molecule has 1 heterocycles. The summed E-state index contributed by atoms with van der Waals surface area (Å²) in [5, 5.41) is 9.97. The normalized spacial score (nSPS) is 25.0. The number of carbonyl (C=O) groups is 1. The lowest BCUT2D eigenvalue weighted by Crippen LogP contribution is -2.54. The van der Waals surface area contributed by atoms with Gasteiger partial charge in [-0.2, -0.15) is 0 Å². The number of hydrogen-bond acceptors (Lipinski definition) is 4. The smallest absolute Gasteiger partial charge is 0.260 e. The van der Waals surface area contributed by atoms with Crippen LogP contribution in [0.25, 0.3) is 0 Å². The summed E-state index contributed by atoms with van der Waals surface area (Å²) < 4.78 is 31.5. The van der Waals surface area contributed by atoms with Crippen LogP contribution < -0.4 is 4.74 Å². The molecule has 2 fully saturated rings. The maximum Gasteiger partial charge on any atom is 0.260 e. The molecule has 1 aliphatic heterocycles. The van der Waals surface area contributed by atoms with Gasteiger partial charge < -0.3 is 14.7 Å². The number of halogens is 2. The number of aliphatic hydroxyl groups is 1. The molecule has 1 saturated carbocycles. The first-order chi connectivity index (χ1) is 11.5. The number of hydrogen-bond donors (Lipinski definition) is 1. The van der Waals surface area contributed by atoms with Crippen LogP contribution in [0.2, 0.25) is 0 Å². The fourth-order valence-corrected chi connectivity index (χ4v) is 3.47. The van der Waals surface area contributed by atoms with Crippen molar-refractivity contribution in [2.75, 3.05) is 32.8 Å². The second kappa shape index (κ2) is 7.44. The summed E-state index contributed by atoms with van der Waals surface area (Å²) in [6.45, 7) is 2.31. The van der Waals surface area contributed by atoms with E-state index in [4.69, 9.17) is 4.74 Å². The molecule has 0 aromatic heterocycles. The molecule has 2 aliphatic rings. The van der Waals surface area contributed by atoms with Crippen molar-refractivity contribution in [3.63, 3.8) is 0 Å². The third-order valence-electron chi connectivity index (χ3n) is 4.82. The number of carbonyl (C=O) groups excluding carboxylic acids is 1. The first-order valence-corrected chi connectivity index (χ1v) is 8.32. The summed E-state index contributed by atoms with van der Waals surface area (Å²) in [7, 11) is 0. The molecule has 5 nitrogen and oxygen atoms in total. The van der Waals surface area contributed by atoms with Crippen molar-refractivity contribution < 1.29 is 23.4 Å². The van der Waals surface area contributed by atoms with Crippen molar-refractivity contribution in [3.05, 3.63) is 29.8 Å². The molecule has 1 aromatic rings. The molecule has 1 amide bonds. The molecule has 132 valence electrons. The van der Waals surface area contributed by atoms with E-state index in [0.717, 1.165) is 44.5 Å². The molecule has 3 rings (SSSR count). The average Bonchev–Trinajstić information content (AvgIpc) is 3.00. The van der Waals surface area contributed by atoms with E-state index in [1.54, 1.807) is 4.90 Å². The minimum atomic E-state index is -0.817. The number of piperazine rings is 1. The monoisotopic (exact) mass is 340 g/mol. The lowest BCUT2D eigenvalue weighted by atomic mass is 10.1. The Morgan fingerprint density at radius 1 is 1.21 bits per heavy atom. The summed E-state index contributed by atoms with van der Waals surface area (Å²) >= 11 is 0. The number of nitrogens with zero attached hydrogens (tertiary/aromatic N) is 2. The third kappa shape index (κ3) is 3.84. The Kier molecular flexibility index (Phi) is 5.30. The Balaban J connectivity index is 1.46. The van der Waals surface area contributed by atoms with E-state index in [2.05, 4.69) is 4.90 Å². The molecule has 1 N–H and O–H groups in total. The van der Waals surface area contributed by atoms with Crippen molar-refractivity contribution in [1.82, 2.24) is 9.80 Å². The first-order valence-electron chi connectivity index (χ1n) is 8.32. The van der Waals surface area contributed by atoms with E-state index in [9.17, 15) is 18.7 Å². The largest absolute Gasteiger partial charge is 0.481 e. The van der Waals surface area contributed by atoms with Gasteiger partial charge in [0.1, 0.15) is 5.82 Å². The van der Waals surface area contributed by atoms with Gasteiger partial charge in [0.25, 0.3) is 5.91 Å². The van der Waals surface area contributed by atoms with Gasteiger partial charge in [-0.1, -0.05) is 0 Å². The van der Waals surface area contributed by atoms with Gasteiger partial charge in [-0.25, -0.2) is 8.78 Å². The third-order valence-corrected chi connectivity index (χ3v) is 4.82. The summed E-state index contributed by atoms with van der Waals surface area (Å²) in [5.41, 5.74) is 0. The summed E-state index contributed by atoms with van der Waals surface area (Å²) in [5.74, 6) is -1.85. The Hall–Kier alpha value is -1.73. The second-order valence-electron chi connectivity index (χ2n) is 6.35. The maximum atomic E-state index is 13.5. The zero-order valence-corrected chi connectivity index (χ0v) is 13.5. The summed E-state index contributed by atoms with van der Waals surface area (Å²) in [6.07, 6.45) is 2.63. The fourth-order valence-electron chi connectivity index (χ4n) is 3.47. The Bertz CT molecular complexity index is 591. The Morgan fingerprint density at radius 3 is 2.58 bits per heavy atom. The fraction of sp³-hybridized carbons (Fsp3) is 0.588. The molecular weight excluding hydrogens is 318 g/mol.